The van der Waals surface area contributed by atoms with Crippen LogP contribution in [0.1, 0.15) is 40.5 Å². The van der Waals surface area contributed by atoms with E-state index in [2.05, 4.69) is 66.7 Å². The van der Waals surface area contributed by atoms with Crippen molar-refractivity contribution in [3.05, 3.63) is 0 Å². The molecule has 160 valence electrons. The summed E-state index contributed by atoms with van der Waals surface area (Å²) in [6.07, 6.45) is 2.63. The maximum absolute atomic E-state index is 3.78. The molecule has 0 radical (unpaired) electrons. The molecule has 4 atom stereocenters. The van der Waals surface area contributed by atoms with Crippen molar-refractivity contribution in [2.75, 3.05) is 79.5 Å². The first-order valence-corrected chi connectivity index (χ1v) is 11.4. The molecule has 5 nitrogen and oxygen atoms in total. The Morgan fingerprint density at radius 2 is 1.22 bits per heavy atom. The number of nitrogens with zero attached hydrogens (tertiary/aromatic N) is 4. The summed E-state index contributed by atoms with van der Waals surface area (Å²) >= 11 is 0. The van der Waals surface area contributed by atoms with E-state index in [-0.39, 0.29) is 0 Å². The highest BCUT2D eigenvalue weighted by Gasteiger charge is 2.31. The number of fused-ring (bicyclic) bond motifs is 12. The Morgan fingerprint density at radius 3 is 1.89 bits per heavy atom. The Labute approximate surface area is 169 Å². The summed E-state index contributed by atoms with van der Waals surface area (Å²) in [5, 5.41) is 3.78. The highest BCUT2D eigenvalue weighted by atomic mass is 15.3. The predicted octanol–water partition coefficient (Wildman–Crippen LogP) is 1.90. The molecule has 1 N–H and O–H groups in total. The van der Waals surface area contributed by atoms with Crippen LogP contribution in [0.5, 0.6) is 0 Å². The van der Waals surface area contributed by atoms with E-state index < -0.39 is 0 Å². The molecule has 2 unspecified atom stereocenters. The van der Waals surface area contributed by atoms with E-state index in [1.807, 2.05) is 0 Å². The number of nitrogens with one attached hydrogen (secondary N) is 1. The lowest BCUT2D eigenvalue weighted by Crippen LogP contribution is -2.58. The Balaban J connectivity index is 2.09. The second kappa shape index (κ2) is 11.7. The zero-order valence-electron chi connectivity index (χ0n) is 19.1. The van der Waals surface area contributed by atoms with E-state index >= 15 is 0 Å². The molecule has 0 aromatic heterocycles. The molecule has 5 heteroatoms. The third kappa shape index (κ3) is 8.36. The molecule has 3 saturated heterocycles. The van der Waals surface area contributed by atoms with Crippen molar-refractivity contribution in [2.45, 2.75) is 52.6 Å². The normalized spacial score (nSPS) is 33.3. The second-order valence-electron chi connectivity index (χ2n) is 9.91. The van der Waals surface area contributed by atoms with Crippen molar-refractivity contribution in [1.82, 2.24) is 24.9 Å². The third-order valence-electron chi connectivity index (χ3n) is 6.32. The van der Waals surface area contributed by atoms with Gasteiger partial charge in [-0.25, -0.2) is 0 Å². The van der Waals surface area contributed by atoms with Crippen molar-refractivity contribution in [3.8, 4) is 0 Å². The van der Waals surface area contributed by atoms with E-state index in [1.54, 1.807) is 0 Å². The van der Waals surface area contributed by atoms with Crippen molar-refractivity contribution in [3.63, 3.8) is 0 Å². The average Bonchev–Trinajstić information content (AvgIpc) is 2.60. The van der Waals surface area contributed by atoms with Gasteiger partial charge in [0.2, 0.25) is 0 Å². The van der Waals surface area contributed by atoms with Gasteiger partial charge >= 0.3 is 0 Å². The summed E-state index contributed by atoms with van der Waals surface area (Å²) in [6.45, 7) is 21.4. The Bertz CT molecular complexity index is 400. The maximum Gasteiger partial charge on any atom is 0.0226 e. The molecule has 27 heavy (non-hydrogen) atoms. The van der Waals surface area contributed by atoms with Gasteiger partial charge in [-0.15, -0.1) is 0 Å². The molecule has 0 spiro atoms. The zero-order valence-corrected chi connectivity index (χ0v) is 19.1. The summed E-state index contributed by atoms with van der Waals surface area (Å²) < 4.78 is 0. The van der Waals surface area contributed by atoms with Gasteiger partial charge in [-0.1, -0.05) is 27.7 Å². The standard InChI is InChI=1S/C22H47N5/c1-19(2)15-21-17-23-7-8-24(5)9-10-25(6)11-12-26-13-14-27(21)18-22(26)16-20(3)4/h19-23H,7-18H2,1-6H3/t21-,22-/m0/s1. The van der Waals surface area contributed by atoms with Gasteiger partial charge in [0.05, 0.1) is 0 Å². The first-order valence-electron chi connectivity index (χ1n) is 11.4. The lowest BCUT2D eigenvalue weighted by Gasteiger charge is -2.46. The fourth-order valence-electron chi connectivity index (χ4n) is 4.62. The molecule has 2 bridgehead atoms. The maximum atomic E-state index is 3.78. The lowest BCUT2D eigenvalue weighted by atomic mass is 9.96. The first-order chi connectivity index (χ1) is 12.8. The number of hydrogen-bond donors (Lipinski definition) is 1. The van der Waals surface area contributed by atoms with Crippen LogP contribution < -0.4 is 5.32 Å². The quantitative estimate of drug-likeness (QED) is 0.750. The van der Waals surface area contributed by atoms with Crippen molar-refractivity contribution < 1.29 is 0 Å². The summed E-state index contributed by atoms with van der Waals surface area (Å²) in [5.74, 6) is 1.53. The highest BCUT2D eigenvalue weighted by molar-refractivity contribution is 4.88. The number of hydrogen-bond acceptors (Lipinski definition) is 5. The van der Waals surface area contributed by atoms with Crippen LogP contribution in [-0.4, -0.2) is 111 Å². The van der Waals surface area contributed by atoms with Crippen LogP contribution in [0.15, 0.2) is 0 Å². The van der Waals surface area contributed by atoms with Gasteiger partial charge in [-0.3, -0.25) is 9.80 Å². The van der Waals surface area contributed by atoms with Crippen molar-refractivity contribution >= 4 is 0 Å². The molecule has 3 aliphatic heterocycles. The molecular formula is C22H47N5. The number of likely N-dealkylation sites (N-methyl/N-ethyl adjacent to an activating group) is 2. The van der Waals surface area contributed by atoms with E-state index in [4.69, 9.17) is 0 Å². The molecule has 0 aliphatic carbocycles. The number of piperazine rings is 1. The van der Waals surface area contributed by atoms with Gasteiger partial charge in [-0.05, 0) is 38.8 Å². The van der Waals surface area contributed by atoms with Crippen LogP contribution in [-0.2, 0) is 0 Å². The van der Waals surface area contributed by atoms with Crippen molar-refractivity contribution in [1.29, 1.82) is 0 Å². The number of rotatable bonds is 4. The minimum absolute atomic E-state index is 0.680. The second-order valence-corrected chi connectivity index (χ2v) is 9.91. The first kappa shape index (κ1) is 23.1. The Hall–Kier alpha value is -0.200. The summed E-state index contributed by atoms with van der Waals surface area (Å²) in [5.41, 5.74) is 0. The summed E-state index contributed by atoms with van der Waals surface area (Å²) in [4.78, 5) is 10.6. The van der Waals surface area contributed by atoms with Gasteiger partial charge in [-0.2, -0.15) is 0 Å². The van der Waals surface area contributed by atoms with Crippen LogP contribution in [0, 0.1) is 11.8 Å². The molecule has 3 heterocycles. The SMILES string of the molecule is CC(C)C[C@H]1CNCCN(C)CCN(C)CCN2CCN1C[C@@H]2CC(C)C. The smallest absolute Gasteiger partial charge is 0.0226 e. The summed E-state index contributed by atoms with van der Waals surface area (Å²) in [6, 6.07) is 1.40. The largest absolute Gasteiger partial charge is 0.314 e. The van der Waals surface area contributed by atoms with Crippen LogP contribution >= 0.6 is 0 Å². The molecule has 3 fully saturated rings. The monoisotopic (exact) mass is 381 g/mol. The minimum Gasteiger partial charge on any atom is -0.314 e. The molecule has 0 aromatic carbocycles. The molecule has 3 rings (SSSR count). The third-order valence-corrected chi connectivity index (χ3v) is 6.32. The van der Waals surface area contributed by atoms with Crippen LogP contribution in [0.3, 0.4) is 0 Å². The average molecular weight is 382 g/mol. The van der Waals surface area contributed by atoms with Gasteiger partial charge in [0, 0.05) is 77.5 Å². The summed E-state index contributed by atoms with van der Waals surface area (Å²) in [7, 11) is 4.55. The van der Waals surface area contributed by atoms with Gasteiger partial charge in [0.15, 0.2) is 0 Å². The van der Waals surface area contributed by atoms with Crippen LogP contribution in [0.4, 0.5) is 0 Å². The van der Waals surface area contributed by atoms with E-state index in [9.17, 15) is 0 Å². The fourth-order valence-corrected chi connectivity index (χ4v) is 4.62. The Morgan fingerprint density at radius 1 is 0.704 bits per heavy atom. The topological polar surface area (TPSA) is 25.0 Å². The highest BCUT2D eigenvalue weighted by Crippen LogP contribution is 2.21. The lowest BCUT2D eigenvalue weighted by molar-refractivity contribution is 0.0293. The molecule has 0 amide bonds. The minimum atomic E-state index is 0.680. The van der Waals surface area contributed by atoms with E-state index in [0.717, 1.165) is 44.1 Å². The molecule has 0 saturated carbocycles. The van der Waals surface area contributed by atoms with Crippen LogP contribution in [0.2, 0.25) is 0 Å². The van der Waals surface area contributed by atoms with Gasteiger partial charge < -0.3 is 15.1 Å². The zero-order chi connectivity index (χ0) is 19.8. The molecular weight excluding hydrogens is 334 g/mol. The van der Waals surface area contributed by atoms with Gasteiger partial charge in [0.1, 0.15) is 0 Å². The predicted molar refractivity (Wildman–Crippen MR) is 117 cm³/mol. The molecule has 3 aliphatic rings. The van der Waals surface area contributed by atoms with Gasteiger partial charge in [0.25, 0.3) is 0 Å². The van der Waals surface area contributed by atoms with E-state index in [1.165, 1.54) is 52.1 Å². The fraction of sp³-hybridized carbons (Fsp3) is 1.00. The van der Waals surface area contributed by atoms with E-state index in [0.29, 0.717) is 6.04 Å². The van der Waals surface area contributed by atoms with Crippen molar-refractivity contribution in [2.24, 2.45) is 11.8 Å². The Kier molecular flexibility index (Phi) is 10.0. The van der Waals surface area contributed by atoms with Crippen LogP contribution in [0.25, 0.3) is 0 Å². The molecule has 0 aromatic rings.